The normalized spacial score (nSPS) is 10.0. The van der Waals surface area contributed by atoms with Crippen molar-refractivity contribution < 1.29 is 19.1 Å². The molecule has 0 saturated carbocycles. The lowest BCUT2D eigenvalue weighted by atomic mass is 10.2. The highest BCUT2D eigenvalue weighted by molar-refractivity contribution is 6.02. The summed E-state index contributed by atoms with van der Waals surface area (Å²) in [5.74, 6) is -1.04. The van der Waals surface area contributed by atoms with Gasteiger partial charge in [-0.15, -0.1) is 0 Å². The largest absolute Gasteiger partial charge is 0.465 e. The van der Waals surface area contributed by atoms with E-state index in [0.717, 1.165) is 5.56 Å². The van der Waals surface area contributed by atoms with E-state index in [9.17, 15) is 14.4 Å². The topological polar surface area (TPSA) is 75.7 Å². The molecule has 1 N–H and O–H groups in total. The first-order valence-corrected chi connectivity index (χ1v) is 7.73. The van der Waals surface area contributed by atoms with Gasteiger partial charge in [-0.2, -0.15) is 0 Å². The van der Waals surface area contributed by atoms with Gasteiger partial charge in [-0.05, 0) is 48.9 Å². The molecule has 2 amide bonds. The quantitative estimate of drug-likeness (QED) is 0.849. The van der Waals surface area contributed by atoms with Crippen molar-refractivity contribution in [1.82, 2.24) is 0 Å². The van der Waals surface area contributed by atoms with Crippen molar-refractivity contribution >= 4 is 29.2 Å². The Morgan fingerprint density at radius 1 is 1.08 bits per heavy atom. The number of aryl methyl sites for hydroxylation is 1. The molecule has 2 aromatic rings. The Balaban J connectivity index is 2.11. The molecule has 25 heavy (non-hydrogen) atoms. The second-order valence-electron chi connectivity index (χ2n) is 5.56. The average molecular weight is 340 g/mol. The van der Waals surface area contributed by atoms with E-state index < -0.39 is 5.97 Å². The molecule has 0 unspecified atom stereocenters. The second kappa shape index (κ2) is 8.10. The SMILES string of the molecule is COC(=O)c1ccc(N(CC(=O)Nc2cccc(C)c2)C(C)=O)cc1. The van der Waals surface area contributed by atoms with Crippen LogP contribution in [-0.2, 0) is 14.3 Å². The molecule has 0 spiro atoms. The Morgan fingerprint density at radius 2 is 1.76 bits per heavy atom. The number of carbonyl (C=O) groups excluding carboxylic acids is 3. The summed E-state index contributed by atoms with van der Waals surface area (Å²) < 4.78 is 4.64. The first kappa shape index (κ1) is 18.2. The summed E-state index contributed by atoms with van der Waals surface area (Å²) in [6, 6.07) is 13.7. The molecule has 0 radical (unpaired) electrons. The maximum Gasteiger partial charge on any atom is 0.337 e. The summed E-state index contributed by atoms with van der Waals surface area (Å²) >= 11 is 0. The van der Waals surface area contributed by atoms with Crippen LogP contribution >= 0.6 is 0 Å². The molecule has 0 aliphatic rings. The molecule has 0 saturated heterocycles. The number of hydrogen-bond donors (Lipinski definition) is 1. The molecule has 0 aliphatic carbocycles. The van der Waals surface area contributed by atoms with E-state index in [1.165, 1.54) is 18.9 Å². The van der Waals surface area contributed by atoms with Crippen LogP contribution in [0.1, 0.15) is 22.8 Å². The second-order valence-corrected chi connectivity index (χ2v) is 5.56. The van der Waals surface area contributed by atoms with E-state index >= 15 is 0 Å². The number of nitrogens with one attached hydrogen (secondary N) is 1. The lowest BCUT2D eigenvalue weighted by Gasteiger charge is -2.21. The maximum absolute atomic E-state index is 12.3. The maximum atomic E-state index is 12.3. The number of hydrogen-bond acceptors (Lipinski definition) is 4. The minimum absolute atomic E-state index is 0.124. The van der Waals surface area contributed by atoms with Crippen molar-refractivity contribution in [3.8, 4) is 0 Å². The zero-order valence-electron chi connectivity index (χ0n) is 14.4. The van der Waals surface area contributed by atoms with Crippen LogP contribution in [0.5, 0.6) is 0 Å². The molecule has 0 bridgehead atoms. The van der Waals surface area contributed by atoms with Gasteiger partial charge in [0.15, 0.2) is 0 Å². The first-order chi connectivity index (χ1) is 11.9. The van der Waals surface area contributed by atoms with Gasteiger partial charge in [-0.3, -0.25) is 9.59 Å². The Labute approximate surface area is 146 Å². The van der Waals surface area contributed by atoms with Crippen molar-refractivity contribution in [2.45, 2.75) is 13.8 Å². The predicted molar refractivity (Wildman–Crippen MR) is 95.6 cm³/mol. The zero-order valence-corrected chi connectivity index (χ0v) is 14.4. The van der Waals surface area contributed by atoms with Gasteiger partial charge in [0, 0.05) is 18.3 Å². The smallest absolute Gasteiger partial charge is 0.337 e. The van der Waals surface area contributed by atoms with Crippen LogP contribution in [-0.4, -0.2) is 31.4 Å². The fourth-order valence-corrected chi connectivity index (χ4v) is 2.35. The highest BCUT2D eigenvalue weighted by Crippen LogP contribution is 2.17. The highest BCUT2D eigenvalue weighted by Gasteiger charge is 2.16. The molecule has 0 aromatic heterocycles. The number of ether oxygens (including phenoxy) is 1. The monoisotopic (exact) mass is 340 g/mol. The van der Waals surface area contributed by atoms with Crippen LogP contribution in [0.4, 0.5) is 11.4 Å². The summed E-state index contributed by atoms with van der Waals surface area (Å²) in [6.07, 6.45) is 0. The summed E-state index contributed by atoms with van der Waals surface area (Å²) in [5, 5.41) is 2.77. The lowest BCUT2D eigenvalue weighted by Crippen LogP contribution is -2.36. The van der Waals surface area contributed by atoms with Crippen LogP contribution in [0, 0.1) is 6.92 Å². The van der Waals surface area contributed by atoms with Gasteiger partial charge >= 0.3 is 5.97 Å². The van der Waals surface area contributed by atoms with Gasteiger partial charge in [0.2, 0.25) is 11.8 Å². The minimum atomic E-state index is -0.460. The molecule has 2 rings (SSSR count). The molecular formula is C19H20N2O4. The van der Waals surface area contributed by atoms with Crippen LogP contribution in [0.2, 0.25) is 0 Å². The third-order valence-corrected chi connectivity index (χ3v) is 3.58. The lowest BCUT2D eigenvalue weighted by molar-refractivity contribution is -0.120. The van der Waals surface area contributed by atoms with Gasteiger partial charge in [0.05, 0.1) is 12.7 Å². The van der Waals surface area contributed by atoms with E-state index in [1.807, 2.05) is 25.1 Å². The molecule has 6 heteroatoms. The molecule has 2 aromatic carbocycles. The summed E-state index contributed by atoms with van der Waals surface area (Å²) in [7, 11) is 1.30. The van der Waals surface area contributed by atoms with Crippen molar-refractivity contribution in [2.75, 3.05) is 23.9 Å². The number of esters is 1. The van der Waals surface area contributed by atoms with Crippen molar-refractivity contribution in [3.05, 3.63) is 59.7 Å². The third-order valence-electron chi connectivity index (χ3n) is 3.58. The van der Waals surface area contributed by atoms with Crippen molar-refractivity contribution in [3.63, 3.8) is 0 Å². The van der Waals surface area contributed by atoms with Gasteiger partial charge in [-0.1, -0.05) is 12.1 Å². The van der Waals surface area contributed by atoms with Crippen LogP contribution in [0.3, 0.4) is 0 Å². The number of carbonyl (C=O) groups is 3. The van der Waals surface area contributed by atoms with E-state index in [2.05, 4.69) is 10.1 Å². The summed E-state index contributed by atoms with van der Waals surface area (Å²) in [4.78, 5) is 37.0. The number of anilines is 2. The fourth-order valence-electron chi connectivity index (χ4n) is 2.35. The standard InChI is InChI=1S/C19H20N2O4/c1-13-5-4-6-16(11-13)20-18(23)12-21(14(2)22)17-9-7-15(8-10-17)19(24)25-3/h4-11H,12H2,1-3H3,(H,20,23). The summed E-state index contributed by atoms with van der Waals surface area (Å²) in [5.41, 5.74) is 2.60. The van der Waals surface area contributed by atoms with Crippen LogP contribution in [0.15, 0.2) is 48.5 Å². The van der Waals surface area contributed by atoms with Crippen LogP contribution in [0.25, 0.3) is 0 Å². The van der Waals surface area contributed by atoms with E-state index in [4.69, 9.17) is 0 Å². The molecule has 0 fully saturated rings. The average Bonchev–Trinajstić information content (AvgIpc) is 2.59. The van der Waals surface area contributed by atoms with Crippen LogP contribution < -0.4 is 10.2 Å². The third kappa shape index (κ3) is 4.91. The first-order valence-electron chi connectivity index (χ1n) is 7.73. The number of amides is 2. The van der Waals surface area contributed by atoms with Gasteiger partial charge in [0.1, 0.15) is 6.54 Å². The Hall–Kier alpha value is -3.15. The Morgan fingerprint density at radius 3 is 2.32 bits per heavy atom. The number of nitrogens with zero attached hydrogens (tertiary/aromatic N) is 1. The zero-order chi connectivity index (χ0) is 18.4. The van der Waals surface area contributed by atoms with Crippen molar-refractivity contribution in [2.24, 2.45) is 0 Å². The van der Waals surface area contributed by atoms with Gasteiger partial charge in [-0.25, -0.2) is 4.79 Å². The highest BCUT2D eigenvalue weighted by atomic mass is 16.5. The number of methoxy groups -OCH3 is 1. The van der Waals surface area contributed by atoms with E-state index in [1.54, 1.807) is 30.3 Å². The molecule has 0 aliphatic heterocycles. The fraction of sp³-hybridized carbons (Fsp3) is 0.211. The molecule has 0 heterocycles. The number of rotatable bonds is 5. The van der Waals surface area contributed by atoms with Gasteiger partial charge in [0.25, 0.3) is 0 Å². The van der Waals surface area contributed by atoms with Crippen molar-refractivity contribution in [1.29, 1.82) is 0 Å². The van der Waals surface area contributed by atoms with E-state index in [0.29, 0.717) is 16.9 Å². The summed E-state index contributed by atoms with van der Waals surface area (Å²) in [6.45, 7) is 3.19. The number of benzene rings is 2. The molecule has 130 valence electrons. The molecular weight excluding hydrogens is 320 g/mol. The Bertz CT molecular complexity index is 784. The molecule has 6 nitrogen and oxygen atoms in total. The van der Waals surface area contributed by atoms with Gasteiger partial charge < -0.3 is 15.0 Å². The Kier molecular flexibility index (Phi) is 5.89. The predicted octanol–water partition coefficient (Wildman–Crippen LogP) is 2.77. The minimum Gasteiger partial charge on any atom is -0.465 e. The van der Waals surface area contributed by atoms with E-state index in [-0.39, 0.29) is 18.4 Å². The molecule has 0 atom stereocenters.